The first-order valence-electron chi connectivity index (χ1n) is 3.68. The van der Waals surface area contributed by atoms with Crippen molar-refractivity contribution in [2.75, 3.05) is 12.4 Å². The summed E-state index contributed by atoms with van der Waals surface area (Å²) in [6.07, 6.45) is 0. The van der Waals surface area contributed by atoms with Crippen molar-refractivity contribution < 1.29 is 9.31 Å². The van der Waals surface area contributed by atoms with E-state index in [1.165, 1.54) is 13.1 Å². The van der Waals surface area contributed by atoms with Gasteiger partial charge in [-0.1, -0.05) is 0 Å². The molecule has 0 aliphatic rings. The van der Waals surface area contributed by atoms with E-state index in [9.17, 15) is 14.5 Å². The van der Waals surface area contributed by atoms with E-state index >= 15 is 0 Å². The molecule has 0 spiro atoms. The van der Waals surface area contributed by atoms with Gasteiger partial charge in [-0.05, 0) is 24.6 Å². The highest BCUT2D eigenvalue weighted by Crippen LogP contribution is 2.28. The van der Waals surface area contributed by atoms with Crippen molar-refractivity contribution in [3.05, 3.63) is 33.6 Å². The lowest BCUT2D eigenvalue weighted by Crippen LogP contribution is -2.00. The van der Waals surface area contributed by atoms with Gasteiger partial charge in [0.2, 0.25) is 5.82 Å². The molecule has 0 amide bonds. The molecule has 0 fully saturated rings. The van der Waals surface area contributed by atoms with E-state index in [1.807, 2.05) is 0 Å². The molecule has 0 aromatic heterocycles. The molecular weight excluding hydrogens is 175 g/mol. The summed E-state index contributed by atoms with van der Waals surface area (Å²) >= 11 is 0. The second kappa shape index (κ2) is 3.38. The van der Waals surface area contributed by atoms with E-state index in [1.54, 1.807) is 6.92 Å². The number of anilines is 1. The first-order valence-corrected chi connectivity index (χ1v) is 3.68. The van der Waals surface area contributed by atoms with Gasteiger partial charge in [-0.2, -0.15) is 4.39 Å². The van der Waals surface area contributed by atoms with Gasteiger partial charge in [-0.15, -0.1) is 0 Å². The molecule has 1 aromatic rings. The molecule has 1 rings (SSSR count). The maximum Gasteiger partial charge on any atom is 0.327 e. The van der Waals surface area contributed by atoms with Gasteiger partial charge in [0.05, 0.1) is 4.92 Å². The minimum atomic E-state index is -0.811. The number of aryl methyl sites for hydroxylation is 1. The minimum Gasteiger partial charge on any atom is -0.382 e. The zero-order valence-electron chi connectivity index (χ0n) is 7.30. The van der Waals surface area contributed by atoms with E-state index < -0.39 is 16.4 Å². The van der Waals surface area contributed by atoms with Crippen LogP contribution in [0, 0.1) is 22.9 Å². The summed E-state index contributed by atoms with van der Waals surface area (Å²) in [5.41, 5.74) is 0.336. The molecule has 0 aliphatic carbocycles. The number of benzene rings is 1. The normalized spacial score (nSPS) is 9.77. The summed E-state index contributed by atoms with van der Waals surface area (Å²) in [6.45, 7) is 1.67. The minimum absolute atomic E-state index is 0.197. The summed E-state index contributed by atoms with van der Waals surface area (Å²) < 4.78 is 13.1. The molecule has 4 nitrogen and oxygen atoms in total. The molecule has 1 aromatic carbocycles. The first-order chi connectivity index (χ1) is 6.06. The quantitative estimate of drug-likeness (QED) is 0.565. The molecule has 0 unspecified atom stereocenters. The van der Waals surface area contributed by atoms with E-state index in [4.69, 9.17) is 0 Å². The number of hydrogen-bond donors (Lipinski definition) is 1. The van der Waals surface area contributed by atoms with Crippen molar-refractivity contribution in [1.82, 2.24) is 0 Å². The highest BCUT2D eigenvalue weighted by Gasteiger charge is 2.19. The van der Waals surface area contributed by atoms with Gasteiger partial charge < -0.3 is 5.32 Å². The van der Waals surface area contributed by atoms with Crippen LogP contribution in [0.3, 0.4) is 0 Å². The number of rotatable bonds is 2. The lowest BCUT2D eigenvalue weighted by Gasteiger charge is -2.03. The zero-order chi connectivity index (χ0) is 10.0. The van der Waals surface area contributed by atoms with Crippen molar-refractivity contribution >= 4 is 11.4 Å². The number of nitro benzene ring substituents is 1. The van der Waals surface area contributed by atoms with Crippen molar-refractivity contribution in [2.45, 2.75) is 6.92 Å². The molecule has 0 bridgehead atoms. The van der Waals surface area contributed by atoms with E-state index in [0.717, 1.165) is 6.07 Å². The molecule has 5 heteroatoms. The third-order valence-corrected chi connectivity index (χ3v) is 1.66. The monoisotopic (exact) mass is 184 g/mol. The standard InChI is InChI=1S/C8H9FN2O2/c1-5-3-6(9)8(11(12)13)7(4-5)10-2/h3-4,10H,1-2H3. The average molecular weight is 184 g/mol. The zero-order valence-corrected chi connectivity index (χ0v) is 7.30. The molecule has 0 saturated heterocycles. The van der Waals surface area contributed by atoms with E-state index in [2.05, 4.69) is 5.32 Å². The maximum absolute atomic E-state index is 13.1. The van der Waals surface area contributed by atoms with Crippen LogP contribution in [0.2, 0.25) is 0 Å². The van der Waals surface area contributed by atoms with Crippen LogP contribution in [-0.2, 0) is 0 Å². The van der Waals surface area contributed by atoms with Gasteiger partial charge in [0.1, 0.15) is 5.69 Å². The number of nitrogens with zero attached hydrogens (tertiary/aromatic N) is 1. The third kappa shape index (κ3) is 1.74. The lowest BCUT2D eigenvalue weighted by molar-refractivity contribution is -0.386. The second-order valence-electron chi connectivity index (χ2n) is 2.65. The van der Waals surface area contributed by atoms with Crippen LogP contribution < -0.4 is 5.32 Å². The SMILES string of the molecule is CNc1cc(C)cc(F)c1[N+](=O)[O-]. The Morgan fingerprint density at radius 1 is 1.54 bits per heavy atom. The first kappa shape index (κ1) is 9.44. The van der Waals surface area contributed by atoms with Crippen molar-refractivity contribution in [3.63, 3.8) is 0 Å². The smallest absolute Gasteiger partial charge is 0.327 e. The molecule has 0 atom stereocenters. The van der Waals surface area contributed by atoms with Crippen LogP contribution >= 0.6 is 0 Å². The van der Waals surface area contributed by atoms with Crippen LogP contribution in [0.5, 0.6) is 0 Å². The fraction of sp³-hybridized carbons (Fsp3) is 0.250. The van der Waals surface area contributed by atoms with E-state index in [0.29, 0.717) is 5.56 Å². The number of nitro groups is 1. The summed E-state index contributed by atoms with van der Waals surface area (Å²) in [5, 5.41) is 13.0. The Morgan fingerprint density at radius 2 is 2.15 bits per heavy atom. The Labute approximate surface area is 74.5 Å². The predicted octanol–water partition coefficient (Wildman–Crippen LogP) is 2.08. The van der Waals surface area contributed by atoms with Crippen molar-refractivity contribution in [1.29, 1.82) is 0 Å². The van der Waals surface area contributed by atoms with Gasteiger partial charge in [-0.3, -0.25) is 10.1 Å². The molecule has 0 aliphatic heterocycles. The van der Waals surface area contributed by atoms with Gasteiger partial charge >= 0.3 is 5.69 Å². The van der Waals surface area contributed by atoms with Gasteiger partial charge in [-0.25, -0.2) is 0 Å². The van der Waals surface area contributed by atoms with Crippen LogP contribution in [0.1, 0.15) is 5.56 Å². The Kier molecular flexibility index (Phi) is 2.46. The summed E-state index contributed by atoms with van der Waals surface area (Å²) in [5.74, 6) is -0.811. The van der Waals surface area contributed by atoms with Crippen LogP contribution in [0.25, 0.3) is 0 Å². The molecule has 0 heterocycles. The molecule has 0 radical (unpaired) electrons. The molecular formula is C8H9FN2O2. The Morgan fingerprint density at radius 3 is 2.62 bits per heavy atom. The Balaban J connectivity index is 3.38. The van der Waals surface area contributed by atoms with Crippen molar-refractivity contribution in [3.8, 4) is 0 Å². The van der Waals surface area contributed by atoms with Crippen LogP contribution in [0.4, 0.5) is 15.8 Å². The fourth-order valence-electron chi connectivity index (χ4n) is 1.11. The van der Waals surface area contributed by atoms with Gasteiger partial charge in [0, 0.05) is 7.05 Å². The Bertz CT molecular complexity index is 352. The second-order valence-corrected chi connectivity index (χ2v) is 2.65. The van der Waals surface area contributed by atoms with Crippen LogP contribution in [0.15, 0.2) is 12.1 Å². The number of halogens is 1. The summed E-state index contributed by atoms with van der Waals surface area (Å²) in [6, 6.07) is 2.67. The van der Waals surface area contributed by atoms with Gasteiger partial charge in [0.25, 0.3) is 0 Å². The Hall–Kier alpha value is -1.65. The summed E-state index contributed by atoms with van der Waals surface area (Å²) in [4.78, 5) is 9.70. The highest BCUT2D eigenvalue weighted by molar-refractivity contribution is 5.63. The largest absolute Gasteiger partial charge is 0.382 e. The highest BCUT2D eigenvalue weighted by atomic mass is 19.1. The summed E-state index contributed by atoms with van der Waals surface area (Å²) in [7, 11) is 1.52. The molecule has 1 N–H and O–H groups in total. The van der Waals surface area contributed by atoms with E-state index in [-0.39, 0.29) is 5.69 Å². The van der Waals surface area contributed by atoms with Gasteiger partial charge in [0.15, 0.2) is 0 Å². The predicted molar refractivity (Wildman–Crippen MR) is 47.3 cm³/mol. The molecule has 70 valence electrons. The number of hydrogen-bond acceptors (Lipinski definition) is 3. The molecule has 13 heavy (non-hydrogen) atoms. The third-order valence-electron chi connectivity index (χ3n) is 1.66. The lowest BCUT2D eigenvalue weighted by atomic mass is 10.2. The average Bonchev–Trinajstić information content (AvgIpc) is 2.01. The topological polar surface area (TPSA) is 55.2 Å². The van der Waals surface area contributed by atoms with Crippen molar-refractivity contribution in [2.24, 2.45) is 0 Å². The number of nitrogens with one attached hydrogen (secondary N) is 1. The molecule has 0 saturated carbocycles. The fourth-order valence-corrected chi connectivity index (χ4v) is 1.11. The maximum atomic E-state index is 13.1. The van der Waals surface area contributed by atoms with Crippen LogP contribution in [-0.4, -0.2) is 12.0 Å².